The van der Waals surface area contributed by atoms with Crippen LogP contribution in [0.1, 0.15) is 16.7 Å². The summed E-state index contributed by atoms with van der Waals surface area (Å²) in [4.78, 5) is 42.2. The normalized spacial score (nSPS) is 11.5. The first-order valence-electron chi connectivity index (χ1n) is 9.92. The molecule has 0 unspecified atom stereocenters. The van der Waals surface area contributed by atoms with Crippen LogP contribution in [0.3, 0.4) is 0 Å². The van der Waals surface area contributed by atoms with Gasteiger partial charge >= 0.3 is 5.69 Å². The van der Waals surface area contributed by atoms with Crippen molar-refractivity contribution in [3.63, 3.8) is 0 Å². The van der Waals surface area contributed by atoms with Crippen LogP contribution in [-0.4, -0.2) is 30.9 Å². The van der Waals surface area contributed by atoms with Crippen molar-refractivity contribution < 1.29 is 9.90 Å². The van der Waals surface area contributed by atoms with Gasteiger partial charge in [0.15, 0.2) is 0 Å². The van der Waals surface area contributed by atoms with Crippen LogP contribution in [0.15, 0.2) is 57.0 Å². The fraction of sp³-hybridized carbons (Fsp3) is 0.217. The summed E-state index contributed by atoms with van der Waals surface area (Å²) in [5, 5.41) is 14.0. The number of carbonyl (C=O) groups excluding carboxylic acids is 1. The Labute approximate surface area is 199 Å². The molecule has 0 aliphatic rings. The average Bonchev–Trinajstić information content (AvgIpc) is 2.77. The Kier molecular flexibility index (Phi) is 7.45. The van der Waals surface area contributed by atoms with E-state index in [4.69, 9.17) is 11.6 Å². The van der Waals surface area contributed by atoms with E-state index >= 15 is 0 Å². The molecular formula is C23H23ClN4O4S. The summed E-state index contributed by atoms with van der Waals surface area (Å²) >= 11 is 7.00. The van der Waals surface area contributed by atoms with Gasteiger partial charge in [-0.15, -0.1) is 0 Å². The molecule has 3 aromatic rings. The topological polar surface area (TPSA) is 106 Å². The first-order chi connectivity index (χ1) is 15.6. The van der Waals surface area contributed by atoms with E-state index in [2.05, 4.69) is 10.3 Å². The van der Waals surface area contributed by atoms with Gasteiger partial charge in [-0.2, -0.15) is 0 Å². The van der Waals surface area contributed by atoms with E-state index in [-0.39, 0.29) is 22.3 Å². The Balaban J connectivity index is 1.99. The van der Waals surface area contributed by atoms with Crippen LogP contribution in [0.25, 0.3) is 0 Å². The molecule has 2 N–H and O–H groups in total. The number of nitrogens with zero attached hydrogens (tertiary/aromatic N) is 3. The molecule has 0 saturated heterocycles. The van der Waals surface area contributed by atoms with Crippen molar-refractivity contribution in [1.29, 1.82) is 0 Å². The highest BCUT2D eigenvalue weighted by Crippen LogP contribution is 2.25. The first-order valence-corrected chi connectivity index (χ1v) is 11.3. The molecule has 0 bridgehead atoms. The van der Waals surface area contributed by atoms with Gasteiger partial charge in [-0.3, -0.25) is 18.7 Å². The molecule has 0 radical (unpaired) electrons. The number of carbonyl (C=O) groups is 1. The SMILES string of the molecule is Cc1cccc(N=C(SCC(=O)Nc2cc(Cl)ccc2C)c2c(O)n(C)c(=O)n(C)c2=O)c1. The van der Waals surface area contributed by atoms with E-state index in [1.165, 1.54) is 14.1 Å². The molecular weight excluding hydrogens is 464 g/mol. The maximum Gasteiger partial charge on any atom is 0.333 e. The standard InChI is InChI=1S/C23H23ClN4O4S/c1-13-6-5-7-16(10-13)25-20(19-21(30)27(3)23(32)28(4)22(19)31)33-12-18(29)26-17-11-15(24)9-8-14(17)2/h5-11,30H,12H2,1-4H3,(H,26,29). The minimum atomic E-state index is -0.708. The Morgan fingerprint density at radius 3 is 2.55 bits per heavy atom. The van der Waals surface area contributed by atoms with E-state index in [1.54, 1.807) is 30.3 Å². The van der Waals surface area contributed by atoms with Gasteiger partial charge < -0.3 is 10.4 Å². The van der Waals surface area contributed by atoms with E-state index in [0.29, 0.717) is 16.4 Å². The van der Waals surface area contributed by atoms with Gasteiger partial charge in [-0.25, -0.2) is 9.79 Å². The number of hydrogen-bond donors (Lipinski definition) is 2. The van der Waals surface area contributed by atoms with Gasteiger partial charge in [0, 0.05) is 24.8 Å². The summed E-state index contributed by atoms with van der Waals surface area (Å²) in [5.74, 6) is -0.960. The number of halogens is 1. The molecule has 8 nitrogen and oxygen atoms in total. The number of anilines is 1. The van der Waals surface area contributed by atoms with E-state index in [9.17, 15) is 19.5 Å². The van der Waals surface area contributed by atoms with Crippen molar-refractivity contribution in [2.24, 2.45) is 19.1 Å². The van der Waals surface area contributed by atoms with E-state index in [0.717, 1.165) is 32.0 Å². The van der Waals surface area contributed by atoms with Crippen LogP contribution in [0.2, 0.25) is 5.02 Å². The number of aliphatic imine (C=N–C) groups is 1. The van der Waals surface area contributed by atoms with Crippen molar-refractivity contribution in [3.8, 4) is 5.88 Å². The summed E-state index contributed by atoms with van der Waals surface area (Å²) in [5.41, 5.74) is 1.38. The first kappa shape index (κ1) is 24.3. The number of hydrogen-bond acceptors (Lipinski definition) is 6. The summed E-state index contributed by atoms with van der Waals surface area (Å²) in [6.45, 7) is 3.74. The molecule has 0 aliphatic heterocycles. The average molecular weight is 487 g/mol. The zero-order valence-electron chi connectivity index (χ0n) is 18.5. The molecule has 0 spiro atoms. The lowest BCUT2D eigenvalue weighted by molar-refractivity contribution is -0.113. The predicted molar refractivity (Wildman–Crippen MR) is 133 cm³/mol. The van der Waals surface area contributed by atoms with Crippen LogP contribution in [-0.2, 0) is 18.9 Å². The number of aromatic nitrogens is 2. The van der Waals surface area contributed by atoms with Gasteiger partial charge in [0.1, 0.15) is 10.6 Å². The molecule has 1 heterocycles. The molecule has 0 fully saturated rings. The lowest BCUT2D eigenvalue weighted by atomic mass is 10.2. The number of amides is 1. The third kappa shape index (κ3) is 5.55. The Morgan fingerprint density at radius 2 is 1.85 bits per heavy atom. The zero-order chi connectivity index (χ0) is 24.3. The summed E-state index contributed by atoms with van der Waals surface area (Å²) < 4.78 is 1.84. The van der Waals surface area contributed by atoms with Crippen LogP contribution in [0.4, 0.5) is 11.4 Å². The van der Waals surface area contributed by atoms with Gasteiger partial charge in [0.05, 0.1) is 11.4 Å². The molecule has 3 rings (SSSR count). The highest BCUT2D eigenvalue weighted by Gasteiger charge is 2.22. The minimum Gasteiger partial charge on any atom is -0.494 e. The highest BCUT2D eigenvalue weighted by molar-refractivity contribution is 8.15. The number of thioether (sulfide) groups is 1. The Bertz CT molecular complexity index is 1380. The monoisotopic (exact) mass is 486 g/mol. The van der Waals surface area contributed by atoms with Crippen molar-refractivity contribution in [2.75, 3.05) is 11.1 Å². The lowest BCUT2D eigenvalue weighted by Crippen LogP contribution is -2.39. The molecule has 0 saturated carbocycles. The summed E-state index contributed by atoms with van der Waals surface area (Å²) in [7, 11) is 2.67. The van der Waals surface area contributed by atoms with Crippen LogP contribution >= 0.6 is 23.4 Å². The summed E-state index contributed by atoms with van der Waals surface area (Å²) in [6, 6.07) is 12.4. The van der Waals surface area contributed by atoms with Gasteiger partial charge in [-0.1, -0.05) is 41.6 Å². The lowest BCUT2D eigenvalue weighted by Gasteiger charge is -2.13. The highest BCUT2D eigenvalue weighted by atomic mass is 35.5. The Morgan fingerprint density at radius 1 is 1.12 bits per heavy atom. The number of rotatable bonds is 5. The molecule has 2 aromatic carbocycles. The van der Waals surface area contributed by atoms with Crippen LogP contribution in [0.5, 0.6) is 5.88 Å². The smallest absolute Gasteiger partial charge is 0.333 e. The van der Waals surface area contributed by atoms with Crippen LogP contribution < -0.4 is 16.6 Å². The minimum absolute atomic E-state index is 0.0952. The van der Waals surface area contributed by atoms with Crippen molar-refractivity contribution in [3.05, 3.63) is 85.0 Å². The molecule has 172 valence electrons. The zero-order valence-corrected chi connectivity index (χ0v) is 20.1. The van der Waals surface area contributed by atoms with Crippen molar-refractivity contribution in [1.82, 2.24) is 9.13 Å². The molecule has 1 amide bonds. The second kappa shape index (κ2) is 10.1. The van der Waals surface area contributed by atoms with Gasteiger partial charge in [-0.05, 0) is 49.2 Å². The van der Waals surface area contributed by atoms with Crippen molar-refractivity contribution >= 4 is 45.7 Å². The number of aryl methyl sites for hydroxylation is 2. The second-order valence-corrected chi connectivity index (χ2v) is 8.86. The molecule has 1 aromatic heterocycles. The van der Waals surface area contributed by atoms with Gasteiger partial charge in [0.2, 0.25) is 11.8 Å². The van der Waals surface area contributed by atoms with E-state index in [1.807, 2.05) is 26.0 Å². The molecule has 0 aliphatic carbocycles. The Hall–Kier alpha value is -3.30. The molecule has 0 atom stereocenters. The van der Waals surface area contributed by atoms with Crippen LogP contribution in [0, 0.1) is 13.8 Å². The molecule has 10 heteroatoms. The fourth-order valence-electron chi connectivity index (χ4n) is 3.04. The number of benzene rings is 2. The maximum absolute atomic E-state index is 12.9. The quantitative estimate of drug-likeness (QED) is 0.424. The fourth-order valence-corrected chi connectivity index (χ4v) is 4.05. The number of nitrogens with one attached hydrogen (secondary N) is 1. The maximum atomic E-state index is 12.9. The van der Waals surface area contributed by atoms with E-state index < -0.39 is 17.1 Å². The predicted octanol–water partition coefficient (Wildman–Crippen LogP) is 3.51. The third-order valence-electron chi connectivity index (χ3n) is 4.89. The van der Waals surface area contributed by atoms with Gasteiger partial charge in [0.25, 0.3) is 5.56 Å². The number of aromatic hydroxyl groups is 1. The largest absolute Gasteiger partial charge is 0.494 e. The van der Waals surface area contributed by atoms with Crippen molar-refractivity contribution in [2.45, 2.75) is 13.8 Å². The third-order valence-corrected chi connectivity index (χ3v) is 6.10. The summed E-state index contributed by atoms with van der Waals surface area (Å²) in [6.07, 6.45) is 0. The second-order valence-electron chi connectivity index (χ2n) is 7.46. The molecule has 33 heavy (non-hydrogen) atoms.